The van der Waals surface area contributed by atoms with Gasteiger partial charge >= 0.3 is 0 Å². The van der Waals surface area contributed by atoms with Gasteiger partial charge in [-0.05, 0) is 44.5 Å². The number of nitrogens with zero attached hydrogens (tertiary/aromatic N) is 2. The number of hydrogen-bond donors (Lipinski definition) is 1. The zero-order valence-electron chi connectivity index (χ0n) is 13.3. The predicted octanol–water partition coefficient (Wildman–Crippen LogP) is 4.65. The number of halogens is 1. The molecule has 4 nitrogen and oxygen atoms in total. The zero-order valence-corrected chi connectivity index (χ0v) is 14.1. The summed E-state index contributed by atoms with van der Waals surface area (Å²) in [5.74, 6) is 1.59. The Bertz CT molecular complexity index is 795. The maximum atomic E-state index is 12.9. The summed E-state index contributed by atoms with van der Waals surface area (Å²) in [7, 11) is 0. The number of hydrogen-bond acceptors (Lipinski definition) is 5. The van der Waals surface area contributed by atoms with E-state index in [1.165, 1.54) is 23.5 Å². The van der Waals surface area contributed by atoms with E-state index in [4.69, 9.17) is 4.42 Å². The number of aryl methyl sites for hydroxylation is 2. The highest BCUT2D eigenvalue weighted by Gasteiger charge is 2.14. The van der Waals surface area contributed by atoms with E-state index in [1.54, 1.807) is 12.1 Å². The SMILES string of the molecule is Cc1cc(C(C)Nc2nnc(Cc3ccc(F)cc3)s2)c(C)o1. The number of benzene rings is 1. The van der Waals surface area contributed by atoms with Crippen molar-refractivity contribution >= 4 is 16.5 Å². The van der Waals surface area contributed by atoms with Gasteiger partial charge in [0.1, 0.15) is 22.3 Å². The largest absolute Gasteiger partial charge is 0.466 e. The third kappa shape index (κ3) is 3.76. The fourth-order valence-electron chi connectivity index (χ4n) is 2.50. The highest BCUT2D eigenvalue weighted by atomic mass is 32.1. The molecule has 0 fully saturated rings. The van der Waals surface area contributed by atoms with Gasteiger partial charge in [-0.15, -0.1) is 10.2 Å². The summed E-state index contributed by atoms with van der Waals surface area (Å²) in [6.07, 6.45) is 0.651. The van der Waals surface area contributed by atoms with Gasteiger partial charge in [-0.1, -0.05) is 23.5 Å². The average Bonchev–Trinajstić information content (AvgIpc) is 3.07. The Labute approximate surface area is 138 Å². The number of anilines is 1. The monoisotopic (exact) mass is 331 g/mol. The molecule has 0 saturated heterocycles. The summed E-state index contributed by atoms with van der Waals surface area (Å²) < 4.78 is 18.5. The second kappa shape index (κ2) is 6.50. The molecule has 6 heteroatoms. The van der Waals surface area contributed by atoms with E-state index in [-0.39, 0.29) is 11.9 Å². The fraction of sp³-hybridized carbons (Fsp3) is 0.294. The van der Waals surface area contributed by atoms with Crippen molar-refractivity contribution in [3.05, 3.63) is 63.8 Å². The van der Waals surface area contributed by atoms with Crippen molar-refractivity contribution in [3.63, 3.8) is 0 Å². The summed E-state index contributed by atoms with van der Waals surface area (Å²) in [5.41, 5.74) is 2.14. The lowest BCUT2D eigenvalue weighted by Crippen LogP contribution is -2.06. The van der Waals surface area contributed by atoms with E-state index in [2.05, 4.69) is 22.4 Å². The summed E-state index contributed by atoms with van der Waals surface area (Å²) in [4.78, 5) is 0. The predicted molar refractivity (Wildman–Crippen MR) is 89.3 cm³/mol. The van der Waals surface area contributed by atoms with Crippen LogP contribution in [0, 0.1) is 19.7 Å². The molecule has 1 unspecified atom stereocenters. The number of furan rings is 1. The highest BCUT2D eigenvalue weighted by Crippen LogP contribution is 2.27. The molecule has 1 atom stereocenters. The van der Waals surface area contributed by atoms with E-state index in [1.807, 2.05) is 19.9 Å². The van der Waals surface area contributed by atoms with Crippen LogP contribution in [0.3, 0.4) is 0 Å². The maximum absolute atomic E-state index is 12.9. The molecule has 0 aliphatic rings. The van der Waals surface area contributed by atoms with E-state index in [0.717, 1.165) is 32.8 Å². The Kier molecular flexibility index (Phi) is 4.43. The van der Waals surface area contributed by atoms with Crippen LogP contribution in [0.15, 0.2) is 34.7 Å². The highest BCUT2D eigenvalue weighted by molar-refractivity contribution is 7.15. The molecule has 1 aromatic carbocycles. The lowest BCUT2D eigenvalue weighted by molar-refractivity contribution is 0.500. The first kappa shape index (κ1) is 15.7. The fourth-order valence-corrected chi connectivity index (χ4v) is 3.36. The van der Waals surface area contributed by atoms with Gasteiger partial charge in [0.05, 0.1) is 6.04 Å². The maximum Gasteiger partial charge on any atom is 0.206 e. The molecular formula is C17H18FN3OS. The first-order valence-corrected chi connectivity index (χ1v) is 8.23. The second-order valence-corrected chi connectivity index (χ2v) is 6.60. The van der Waals surface area contributed by atoms with E-state index in [0.29, 0.717) is 6.42 Å². The minimum atomic E-state index is -0.229. The third-order valence-corrected chi connectivity index (χ3v) is 4.48. The van der Waals surface area contributed by atoms with Crippen molar-refractivity contribution in [2.24, 2.45) is 0 Å². The Morgan fingerprint density at radius 1 is 1.22 bits per heavy atom. The van der Waals surface area contributed by atoms with Gasteiger partial charge < -0.3 is 9.73 Å². The molecule has 2 aromatic heterocycles. The molecule has 0 saturated carbocycles. The first-order valence-electron chi connectivity index (χ1n) is 7.41. The lowest BCUT2D eigenvalue weighted by Gasteiger charge is -2.11. The van der Waals surface area contributed by atoms with Crippen LogP contribution in [0.4, 0.5) is 9.52 Å². The smallest absolute Gasteiger partial charge is 0.206 e. The standard InChI is InChI=1S/C17H18FN3OS/c1-10-8-15(12(3)22-10)11(2)19-17-21-20-16(23-17)9-13-4-6-14(18)7-5-13/h4-8,11H,9H2,1-3H3,(H,19,21). The van der Waals surface area contributed by atoms with Crippen LogP contribution in [0.5, 0.6) is 0 Å². The summed E-state index contributed by atoms with van der Waals surface area (Å²) in [5, 5.41) is 13.4. The van der Waals surface area contributed by atoms with Crippen molar-refractivity contribution in [1.82, 2.24) is 10.2 Å². The number of aromatic nitrogens is 2. The molecule has 2 heterocycles. The van der Waals surface area contributed by atoms with Crippen molar-refractivity contribution < 1.29 is 8.81 Å². The normalized spacial score (nSPS) is 12.3. The molecule has 1 N–H and O–H groups in total. The van der Waals surface area contributed by atoms with Crippen LogP contribution in [-0.2, 0) is 6.42 Å². The Morgan fingerprint density at radius 3 is 2.61 bits per heavy atom. The molecule has 23 heavy (non-hydrogen) atoms. The van der Waals surface area contributed by atoms with Gasteiger partial charge in [0.25, 0.3) is 0 Å². The van der Waals surface area contributed by atoms with E-state index < -0.39 is 0 Å². The number of nitrogens with one attached hydrogen (secondary N) is 1. The minimum absolute atomic E-state index is 0.0964. The van der Waals surface area contributed by atoms with Crippen LogP contribution in [0.2, 0.25) is 0 Å². The molecule has 120 valence electrons. The zero-order chi connectivity index (χ0) is 16.4. The van der Waals surface area contributed by atoms with Crippen molar-refractivity contribution in [1.29, 1.82) is 0 Å². The van der Waals surface area contributed by atoms with Gasteiger partial charge in [0, 0.05) is 12.0 Å². The lowest BCUT2D eigenvalue weighted by atomic mass is 10.1. The Balaban J connectivity index is 1.67. The van der Waals surface area contributed by atoms with Crippen LogP contribution in [-0.4, -0.2) is 10.2 Å². The van der Waals surface area contributed by atoms with Crippen molar-refractivity contribution in [2.45, 2.75) is 33.2 Å². The van der Waals surface area contributed by atoms with Crippen LogP contribution < -0.4 is 5.32 Å². The van der Waals surface area contributed by atoms with Gasteiger partial charge in [-0.3, -0.25) is 0 Å². The average molecular weight is 331 g/mol. The van der Waals surface area contributed by atoms with Crippen molar-refractivity contribution in [2.75, 3.05) is 5.32 Å². The van der Waals surface area contributed by atoms with Gasteiger partial charge in [0.15, 0.2) is 0 Å². The molecule has 0 aliphatic carbocycles. The summed E-state index contributed by atoms with van der Waals surface area (Å²) in [6, 6.07) is 8.59. The van der Waals surface area contributed by atoms with Gasteiger partial charge in [0.2, 0.25) is 5.13 Å². The molecule has 0 aliphatic heterocycles. The third-order valence-electron chi connectivity index (χ3n) is 3.62. The second-order valence-electron chi connectivity index (χ2n) is 5.54. The van der Waals surface area contributed by atoms with Crippen molar-refractivity contribution in [3.8, 4) is 0 Å². The van der Waals surface area contributed by atoms with Gasteiger partial charge in [-0.2, -0.15) is 0 Å². The first-order chi connectivity index (χ1) is 11.0. The van der Waals surface area contributed by atoms with E-state index >= 15 is 0 Å². The van der Waals surface area contributed by atoms with Crippen LogP contribution in [0.25, 0.3) is 0 Å². The van der Waals surface area contributed by atoms with E-state index in [9.17, 15) is 4.39 Å². The topological polar surface area (TPSA) is 51.0 Å². The molecule has 3 aromatic rings. The Hall–Kier alpha value is -2.21. The molecule has 3 rings (SSSR count). The molecule has 0 spiro atoms. The van der Waals surface area contributed by atoms with Gasteiger partial charge in [-0.25, -0.2) is 4.39 Å². The molecule has 0 radical (unpaired) electrons. The summed E-state index contributed by atoms with van der Waals surface area (Å²) in [6.45, 7) is 5.97. The van der Waals surface area contributed by atoms with Crippen LogP contribution in [0.1, 0.15) is 40.6 Å². The molecule has 0 amide bonds. The van der Waals surface area contributed by atoms with Crippen LogP contribution >= 0.6 is 11.3 Å². The molecular weight excluding hydrogens is 313 g/mol. The minimum Gasteiger partial charge on any atom is -0.466 e. The quantitative estimate of drug-likeness (QED) is 0.739. The Morgan fingerprint density at radius 2 is 1.96 bits per heavy atom. The summed E-state index contributed by atoms with van der Waals surface area (Å²) >= 11 is 1.51. The number of rotatable bonds is 5. The molecule has 0 bridgehead atoms.